The standard InChI is InChI=1S/C8H12N2O/c9-5-8-6-11-4-3-10(8)7-1-2-7/h7-8H,1-4,6H2. The van der Waals surface area contributed by atoms with Crippen LogP contribution >= 0.6 is 0 Å². The van der Waals surface area contributed by atoms with Gasteiger partial charge in [-0.05, 0) is 12.8 Å². The number of hydrogen-bond donors (Lipinski definition) is 0. The fourth-order valence-electron chi connectivity index (χ4n) is 1.57. The van der Waals surface area contributed by atoms with Gasteiger partial charge in [-0.1, -0.05) is 0 Å². The molecule has 0 aromatic heterocycles. The molecule has 0 spiro atoms. The van der Waals surface area contributed by atoms with Crippen molar-refractivity contribution in [1.82, 2.24) is 4.90 Å². The number of rotatable bonds is 1. The molecule has 3 nitrogen and oxygen atoms in total. The second-order valence-corrected chi connectivity index (χ2v) is 3.19. The van der Waals surface area contributed by atoms with Gasteiger partial charge < -0.3 is 4.74 Å². The Kier molecular flexibility index (Phi) is 1.80. The van der Waals surface area contributed by atoms with Gasteiger partial charge in [-0.2, -0.15) is 5.26 Å². The van der Waals surface area contributed by atoms with Gasteiger partial charge >= 0.3 is 0 Å². The summed E-state index contributed by atoms with van der Waals surface area (Å²) in [6, 6.07) is 3.00. The first-order valence-electron chi connectivity index (χ1n) is 4.15. The third kappa shape index (κ3) is 1.37. The molecule has 0 N–H and O–H groups in total. The molecule has 0 aromatic carbocycles. The number of nitriles is 1. The average Bonchev–Trinajstić information content (AvgIpc) is 2.87. The summed E-state index contributed by atoms with van der Waals surface area (Å²) in [6.45, 7) is 2.35. The summed E-state index contributed by atoms with van der Waals surface area (Å²) in [7, 11) is 0. The maximum atomic E-state index is 8.77. The monoisotopic (exact) mass is 152 g/mol. The summed E-state index contributed by atoms with van der Waals surface area (Å²) >= 11 is 0. The molecule has 11 heavy (non-hydrogen) atoms. The van der Waals surface area contributed by atoms with Gasteiger partial charge in [-0.3, -0.25) is 4.90 Å². The Balaban J connectivity index is 1.97. The van der Waals surface area contributed by atoms with E-state index in [0.717, 1.165) is 13.2 Å². The number of nitrogens with zero attached hydrogens (tertiary/aromatic N) is 2. The van der Waals surface area contributed by atoms with E-state index >= 15 is 0 Å². The minimum atomic E-state index is 0.0243. The van der Waals surface area contributed by atoms with Gasteiger partial charge in [0.25, 0.3) is 0 Å². The van der Waals surface area contributed by atoms with Crippen molar-refractivity contribution in [1.29, 1.82) is 5.26 Å². The fourth-order valence-corrected chi connectivity index (χ4v) is 1.57. The first-order chi connectivity index (χ1) is 5.42. The summed E-state index contributed by atoms with van der Waals surface area (Å²) in [5.74, 6) is 0. The molecular formula is C8H12N2O. The van der Waals surface area contributed by atoms with Crippen LogP contribution in [-0.2, 0) is 4.74 Å². The number of ether oxygens (including phenoxy) is 1. The second-order valence-electron chi connectivity index (χ2n) is 3.19. The molecule has 1 aliphatic carbocycles. The van der Waals surface area contributed by atoms with E-state index in [1.807, 2.05) is 0 Å². The molecule has 1 saturated heterocycles. The van der Waals surface area contributed by atoms with E-state index in [0.29, 0.717) is 12.6 Å². The largest absolute Gasteiger partial charge is 0.377 e. The van der Waals surface area contributed by atoms with E-state index in [2.05, 4.69) is 11.0 Å². The Hall–Kier alpha value is -0.590. The summed E-state index contributed by atoms with van der Waals surface area (Å²) in [6.07, 6.45) is 2.55. The maximum Gasteiger partial charge on any atom is 0.122 e. The van der Waals surface area contributed by atoms with Crippen molar-refractivity contribution in [3.63, 3.8) is 0 Å². The van der Waals surface area contributed by atoms with E-state index in [4.69, 9.17) is 10.00 Å². The molecule has 1 aliphatic heterocycles. The predicted molar refractivity (Wildman–Crippen MR) is 39.9 cm³/mol. The van der Waals surface area contributed by atoms with Gasteiger partial charge in [-0.25, -0.2) is 0 Å². The molecule has 0 aromatic rings. The van der Waals surface area contributed by atoms with Crippen LogP contribution in [0.15, 0.2) is 0 Å². The highest BCUT2D eigenvalue weighted by atomic mass is 16.5. The lowest BCUT2D eigenvalue weighted by molar-refractivity contribution is 0.00872. The van der Waals surface area contributed by atoms with Crippen LogP contribution in [0.25, 0.3) is 0 Å². The van der Waals surface area contributed by atoms with Gasteiger partial charge in [0.15, 0.2) is 0 Å². The van der Waals surface area contributed by atoms with Crippen LogP contribution in [0.3, 0.4) is 0 Å². The third-order valence-corrected chi connectivity index (χ3v) is 2.33. The van der Waals surface area contributed by atoms with Crippen molar-refractivity contribution in [3.05, 3.63) is 0 Å². The minimum Gasteiger partial charge on any atom is -0.377 e. The molecule has 2 aliphatic rings. The first-order valence-corrected chi connectivity index (χ1v) is 4.15. The van der Waals surface area contributed by atoms with Gasteiger partial charge in [-0.15, -0.1) is 0 Å². The van der Waals surface area contributed by atoms with Crippen LogP contribution in [0.2, 0.25) is 0 Å². The van der Waals surface area contributed by atoms with E-state index in [-0.39, 0.29) is 6.04 Å². The van der Waals surface area contributed by atoms with Crippen molar-refractivity contribution in [2.75, 3.05) is 19.8 Å². The highest BCUT2D eigenvalue weighted by Crippen LogP contribution is 2.29. The molecule has 1 unspecified atom stereocenters. The highest BCUT2D eigenvalue weighted by molar-refractivity contribution is 4.99. The van der Waals surface area contributed by atoms with Crippen LogP contribution in [-0.4, -0.2) is 36.7 Å². The van der Waals surface area contributed by atoms with Crippen molar-refractivity contribution < 1.29 is 4.74 Å². The lowest BCUT2D eigenvalue weighted by Gasteiger charge is -2.31. The molecule has 0 bridgehead atoms. The van der Waals surface area contributed by atoms with Gasteiger partial charge in [0.05, 0.1) is 19.3 Å². The van der Waals surface area contributed by atoms with E-state index in [9.17, 15) is 0 Å². The number of hydrogen-bond acceptors (Lipinski definition) is 3. The third-order valence-electron chi connectivity index (χ3n) is 2.33. The zero-order valence-corrected chi connectivity index (χ0v) is 6.49. The Morgan fingerprint density at radius 2 is 2.27 bits per heavy atom. The maximum absolute atomic E-state index is 8.77. The van der Waals surface area contributed by atoms with Gasteiger partial charge in [0.2, 0.25) is 0 Å². The van der Waals surface area contributed by atoms with Crippen molar-refractivity contribution in [2.45, 2.75) is 24.9 Å². The zero-order valence-electron chi connectivity index (χ0n) is 6.49. The molecule has 0 amide bonds. The normalized spacial score (nSPS) is 33.2. The van der Waals surface area contributed by atoms with Crippen molar-refractivity contribution in [2.24, 2.45) is 0 Å². The molecule has 3 heteroatoms. The van der Waals surface area contributed by atoms with Crippen LogP contribution in [0.1, 0.15) is 12.8 Å². The SMILES string of the molecule is N#CC1COCCN1C1CC1. The van der Waals surface area contributed by atoms with E-state index in [1.165, 1.54) is 12.8 Å². The lowest BCUT2D eigenvalue weighted by atomic mass is 10.2. The summed E-state index contributed by atoms with van der Waals surface area (Å²) in [5.41, 5.74) is 0. The zero-order chi connectivity index (χ0) is 7.68. The van der Waals surface area contributed by atoms with Crippen LogP contribution in [0, 0.1) is 11.3 Å². The molecule has 0 radical (unpaired) electrons. The Morgan fingerprint density at radius 1 is 1.45 bits per heavy atom. The molecular weight excluding hydrogens is 140 g/mol. The Labute approximate surface area is 66.5 Å². The topological polar surface area (TPSA) is 36.3 Å². The van der Waals surface area contributed by atoms with Gasteiger partial charge in [0.1, 0.15) is 6.04 Å². The Morgan fingerprint density at radius 3 is 2.91 bits per heavy atom. The summed E-state index contributed by atoms with van der Waals surface area (Å²) < 4.78 is 5.22. The number of morpholine rings is 1. The predicted octanol–water partition coefficient (Wildman–Crippen LogP) is 0.373. The highest BCUT2D eigenvalue weighted by Gasteiger charge is 2.35. The summed E-state index contributed by atoms with van der Waals surface area (Å²) in [5, 5.41) is 8.77. The van der Waals surface area contributed by atoms with Crippen LogP contribution in [0.5, 0.6) is 0 Å². The molecule has 1 saturated carbocycles. The van der Waals surface area contributed by atoms with E-state index in [1.54, 1.807) is 0 Å². The second kappa shape index (κ2) is 2.80. The lowest BCUT2D eigenvalue weighted by Crippen LogP contribution is -2.45. The smallest absolute Gasteiger partial charge is 0.122 e. The van der Waals surface area contributed by atoms with Crippen molar-refractivity contribution >= 4 is 0 Å². The Bertz CT molecular complexity index is 183. The molecule has 2 fully saturated rings. The van der Waals surface area contributed by atoms with E-state index < -0.39 is 0 Å². The van der Waals surface area contributed by atoms with Crippen molar-refractivity contribution in [3.8, 4) is 6.07 Å². The molecule has 1 atom stereocenters. The molecule has 2 rings (SSSR count). The molecule has 1 heterocycles. The summed E-state index contributed by atoms with van der Waals surface area (Å²) in [4.78, 5) is 2.28. The minimum absolute atomic E-state index is 0.0243. The van der Waals surface area contributed by atoms with Gasteiger partial charge in [0, 0.05) is 12.6 Å². The quantitative estimate of drug-likeness (QED) is 0.544. The first kappa shape index (κ1) is 7.08. The van der Waals surface area contributed by atoms with Crippen LogP contribution in [0.4, 0.5) is 0 Å². The average molecular weight is 152 g/mol. The van der Waals surface area contributed by atoms with Crippen LogP contribution < -0.4 is 0 Å². The molecule has 60 valence electrons. The fraction of sp³-hybridized carbons (Fsp3) is 0.875.